The van der Waals surface area contributed by atoms with Crippen LogP contribution in [0.1, 0.15) is 19.8 Å². The summed E-state index contributed by atoms with van der Waals surface area (Å²) in [4.78, 5) is 11.5. The Morgan fingerprint density at radius 3 is 2.62 bits per heavy atom. The molecule has 1 aromatic rings. The van der Waals surface area contributed by atoms with E-state index in [4.69, 9.17) is 0 Å². The van der Waals surface area contributed by atoms with Crippen molar-refractivity contribution in [3.05, 3.63) is 28.7 Å². The van der Waals surface area contributed by atoms with Crippen molar-refractivity contribution in [3.8, 4) is 0 Å². The van der Waals surface area contributed by atoms with Gasteiger partial charge in [0, 0.05) is 10.2 Å². The highest BCUT2D eigenvalue weighted by Crippen LogP contribution is 2.13. The number of benzene rings is 1. The predicted molar refractivity (Wildman–Crippen MR) is 70.5 cm³/mol. The first kappa shape index (κ1) is 13.2. The summed E-state index contributed by atoms with van der Waals surface area (Å²) >= 11 is 3.35. The number of nitrogens with one attached hydrogen (secondary N) is 2. The molecule has 0 fully saturated rings. The van der Waals surface area contributed by atoms with Gasteiger partial charge in [0.15, 0.2) is 0 Å². The van der Waals surface area contributed by atoms with Crippen LogP contribution in [-0.4, -0.2) is 19.0 Å². The number of unbranched alkanes of at least 4 members (excludes halogenated alkanes) is 1. The van der Waals surface area contributed by atoms with Crippen molar-refractivity contribution in [1.82, 2.24) is 5.32 Å². The quantitative estimate of drug-likeness (QED) is 0.789. The van der Waals surface area contributed by atoms with Crippen LogP contribution in [0.25, 0.3) is 0 Å². The Morgan fingerprint density at radius 1 is 1.31 bits per heavy atom. The van der Waals surface area contributed by atoms with Crippen molar-refractivity contribution >= 4 is 27.5 Å². The number of hydrogen-bond donors (Lipinski definition) is 2. The summed E-state index contributed by atoms with van der Waals surface area (Å²) < 4.78 is 1.01. The molecule has 4 heteroatoms. The summed E-state index contributed by atoms with van der Waals surface area (Å²) in [5.74, 6) is -0.00146. The molecule has 0 aliphatic carbocycles. The number of carbonyl (C=O) groups is 1. The number of rotatable bonds is 6. The van der Waals surface area contributed by atoms with Crippen molar-refractivity contribution in [2.75, 3.05) is 18.4 Å². The smallest absolute Gasteiger partial charge is 0.238 e. The van der Waals surface area contributed by atoms with Crippen LogP contribution in [0.4, 0.5) is 5.69 Å². The number of carbonyl (C=O) groups excluding carboxylic acids is 1. The van der Waals surface area contributed by atoms with Gasteiger partial charge in [0.05, 0.1) is 6.54 Å². The monoisotopic (exact) mass is 284 g/mol. The maximum Gasteiger partial charge on any atom is 0.238 e. The zero-order chi connectivity index (χ0) is 11.8. The van der Waals surface area contributed by atoms with Crippen LogP contribution in [0.3, 0.4) is 0 Å². The molecule has 1 rings (SSSR count). The van der Waals surface area contributed by atoms with Gasteiger partial charge in [0.2, 0.25) is 5.91 Å². The third-order valence-corrected chi connectivity index (χ3v) is 2.65. The third kappa shape index (κ3) is 5.28. The molecule has 2 N–H and O–H groups in total. The van der Waals surface area contributed by atoms with Crippen molar-refractivity contribution in [3.63, 3.8) is 0 Å². The third-order valence-electron chi connectivity index (χ3n) is 2.12. The summed E-state index contributed by atoms with van der Waals surface area (Å²) in [5.41, 5.74) is 0.825. The van der Waals surface area contributed by atoms with Crippen LogP contribution < -0.4 is 10.6 Å². The fourth-order valence-electron chi connectivity index (χ4n) is 1.24. The topological polar surface area (TPSA) is 41.1 Å². The molecule has 0 aliphatic rings. The first-order valence-corrected chi connectivity index (χ1v) is 6.28. The van der Waals surface area contributed by atoms with Crippen LogP contribution in [0.5, 0.6) is 0 Å². The number of hydrogen-bond acceptors (Lipinski definition) is 2. The second-order valence-electron chi connectivity index (χ2n) is 3.59. The van der Waals surface area contributed by atoms with Gasteiger partial charge in [-0.2, -0.15) is 0 Å². The van der Waals surface area contributed by atoms with Gasteiger partial charge in [-0.3, -0.25) is 4.79 Å². The summed E-state index contributed by atoms with van der Waals surface area (Å²) in [6, 6.07) is 7.54. The standard InChI is InChI=1S/C12H17BrN2O/c1-2-3-8-14-9-12(16)15-11-6-4-10(13)5-7-11/h4-7,14H,2-3,8-9H2,1H3,(H,15,16). The lowest BCUT2D eigenvalue weighted by molar-refractivity contribution is -0.115. The Balaban J connectivity index is 2.26. The van der Waals surface area contributed by atoms with E-state index in [0.29, 0.717) is 6.54 Å². The van der Waals surface area contributed by atoms with Gasteiger partial charge < -0.3 is 10.6 Å². The SMILES string of the molecule is CCCCNCC(=O)Nc1ccc(Br)cc1. The van der Waals surface area contributed by atoms with Gasteiger partial charge >= 0.3 is 0 Å². The average Bonchev–Trinajstić information content (AvgIpc) is 2.28. The molecule has 0 unspecified atom stereocenters. The van der Waals surface area contributed by atoms with E-state index in [0.717, 1.165) is 29.5 Å². The number of amides is 1. The number of halogens is 1. The van der Waals surface area contributed by atoms with E-state index >= 15 is 0 Å². The van der Waals surface area contributed by atoms with Gasteiger partial charge in [-0.05, 0) is 37.2 Å². The van der Waals surface area contributed by atoms with Crippen LogP contribution in [0.2, 0.25) is 0 Å². The molecule has 1 amide bonds. The predicted octanol–water partition coefficient (Wildman–Crippen LogP) is 2.78. The molecule has 88 valence electrons. The maximum atomic E-state index is 11.5. The molecule has 1 aromatic carbocycles. The molecular weight excluding hydrogens is 268 g/mol. The minimum atomic E-state index is -0.00146. The van der Waals surface area contributed by atoms with E-state index in [1.807, 2.05) is 24.3 Å². The van der Waals surface area contributed by atoms with Crippen LogP contribution >= 0.6 is 15.9 Å². The van der Waals surface area contributed by atoms with E-state index in [9.17, 15) is 4.79 Å². The first-order chi connectivity index (χ1) is 7.72. The molecule has 0 spiro atoms. The molecule has 0 saturated carbocycles. The maximum absolute atomic E-state index is 11.5. The lowest BCUT2D eigenvalue weighted by atomic mass is 10.3. The lowest BCUT2D eigenvalue weighted by Gasteiger charge is -2.06. The summed E-state index contributed by atoms with van der Waals surface area (Å²) in [6.45, 7) is 3.39. The zero-order valence-corrected chi connectivity index (χ0v) is 11.0. The van der Waals surface area contributed by atoms with Crippen molar-refractivity contribution < 1.29 is 4.79 Å². The van der Waals surface area contributed by atoms with E-state index in [2.05, 4.69) is 33.5 Å². The minimum absolute atomic E-state index is 0.00146. The van der Waals surface area contributed by atoms with Gasteiger partial charge in [0.1, 0.15) is 0 Å². The molecule has 0 atom stereocenters. The molecule has 0 radical (unpaired) electrons. The van der Waals surface area contributed by atoms with Crippen LogP contribution in [0.15, 0.2) is 28.7 Å². The Kier molecular flexibility index (Phi) is 6.11. The molecular formula is C12H17BrN2O. The first-order valence-electron chi connectivity index (χ1n) is 5.48. The van der Waals surface area contributed by atoms with E-state index in [1.54, 1.807) is 0 Å². The molecule has 0 aromatic heterocycles. The molecule has 3 nitrogen and oxygen atoms in total. The normalized spacial score (nSPS) is 10.1. The van der Waals surface area contributed by atoms with Gasteiger partial charge in [-0.15, -0.1) is 0 Å². The molecule has 16 heavy (non-hydrogen) atoms. The molecule has 0 bridgehead atoms. The zero-order valence-electron chi connectivity index (χ0n) is 9.42. The van der Waals surface area contributed by atoms with Crippen molar-refractivity contribution in [2.45, 2.75) is 19.8 Å². The highest BCUT2D eigenvalue weighted by molar-refractivity contribution is 9.10. The van der Waals surface area contributed by atoms with Gasteiger partial charge in [0.25, 0.3) is 0 Å². The van der Waals surface area contributed by atoms with Crippen LogP contribution in [0, 0.1) is 0 Å². The fraction of sp³-hybridized carbons (Fsp3) is 0.417. The Hall–Kier alpha value is -0.870. The Bertz CT molecular complexity index is 324. The van der Waals surface area contributed by atoms with Crippen molar-refractivity contribution in [1.29, 1.82) is 0 Å². The second-order valence-corrected chi connectivity index (χ2v) is 4.50. The number of anilines is 1. The molecule has 0 saturated heterocycles. The van der Waals surface area contributed by atoms with Gasteiger partial charge in [-0.1, -0.05) is 29.3 Å². The summed E-state index contributed by atoms with van der Waals surface area (Å²) in [5, 5.41) is 5.92. The van der Waals surface area contributed by atoms with Crippen LogP contribution in [-0.2, 0) is 4.79 Å². The highest BCUT2D eigenvalue weighted by atomic mass is 79.9. The lowest BCUT2D eigenvalue weighted by Crippen LogP contribution is -2.28. The highest BCUT2D eigenvalue weighted by Gasteiger charge is 2.00. The molecule has 0 aliphatic heterocycles. The second kappa shape index (κ2) is 7.41. The van der Waals surface area contributed by atoms with Crippen molar-refractivity contribution in [2.24, 2.45) is 0 Å². The summed E-state index contributed by atoms with van der Waals surface area (Å²) in [7, 11) is 0. The largest absolute Gasteiger partial charge is 0.325 e. The van der Waals surface area contributed by atoms with Gasteiger partial charge in [-0.25, -0.2) is 0 Å². The van der Waals surface area contributed by atoms with E-state index < -0.39 is 0 Å². The fourth-order valence-corrected chi connectivity index (χ4v) is 1.51. The van der Waals surface area contributed by atoms with E-state index in [1.165, 1.54) is 0 Å². The molecule has 0 heterocycles. The summed E-state index contributed by atoms with van der Waals surface area (Å²) in [6.07, 6.45) is 2.24. The minimum Gasteiger partial charge on any atom is -0.325 e. The van der Waals surface area contributed by atoms with E-state index in [-0.39, 0.29) is 5.91 Å². The average molecular weight is 285 g/mol. The Morgan fingerprint density at radius 2 is 2.00 bits per heavy atom. The Labute approximate surface area is 105 Å².